The van der Waals surface area contributed by atoms with Gasteiger partial charge >= 0.3 is 6.18 Å². The number of hydrogen-bond acceptors (Lipinski definition) is 4. The molecule has 2 aliphatic carbocycles. The van der Waals surface area contributed by atoms with Gasteiger partial charge in [0.05, 0.1) is 54.6 Å². The standard InChI is InChI=1S/C36H14F3N7/c1-18-6-7-20(10-19(18)2)32-34(30(17-43)45-4)25-13-24-23(12-26(25)35(32)46-5)27(15-41)31(33(24)29(16-42)44-3)21-8-9-28(36(37,38)39)22(11-21)14-40/h6-13H,1-2H3/b33-29+,34-30-. The molecule has 0 atom stereocenters. The lowest BCUT2D eigenvalue weighted by Crippen LogP contribution is -2.08. The molecule has 214 valence electrons. The molecule has 0 N–H and O–H groups in total. The van der Waals surface area contributed by atoms with Crippen LogP contribution in [0.2, 0.25) is 0 Å². The van der Waals surface area contributed by atoms with Gasteiger partial charge in [-0.05, 0) is 93.3 Å². The summed E-state index contributed by atoms with van der Waals surface area (Å²) in [6, 6.07) is 18.5. The van der Waals surface area contributed by atoms with E-state index in [-0.39, 0.29) is 55.9 Å². The predicted molar refractivity (Wildman–Crippen MR) is 163 cm³/mol. The van der Waals surface area contributed by atoms with Gasteiger partial charge in [0.1, 0.15) is 6.07 Å². The zero-order valence-electron chi connectivity index (χ0n) is 23.9. The average molecular weight is 602 g/mol. The van der Waals surface area contributed by atoms with Crippen LogP contribution in [0.5, 0.6) is 0 Å². The van der Waals surface area contributed by atoms with Crippen molar-refractivity contribution in [3.8, 4) is 24.3 Å². The highest BCUT2D eigenvalue weighted by molar-refractivity contribution is 6.29. The molecule has 46 heavy (non-hydrogen) atoms. The van der Waals surface area contributed by atoms with E-state index in [4.69, 9.17) is 19.7 Å². The van der Waals surface area contributed by atoms with Gasteiger partial charge in [-0.2, -0.15) is 23.7 Å². The van der Waals surface area contributed by atoms with Crippen molar-refractivity contribution in [2.24, 2.45) is 0 Å². The van der Waals surface area contributed by atoms with Gasteiger partial charge in [0.2, 0.25) is 5.70 Å². The minimum atomic E-state index is -4.83. The Morgan fingerprint density at radius 1 is 0.674 bits per heavy atom. The SMILES string of the molecule is [C-]#[N+]C1=C(c2ccc(C)c(C)c2)/C(=C(/C#N)[N+]#[C-])c2cc3c(cc21)C(C#N)=C(c1ccc(C(F)(F)F)c(C#N)c1)/C3=C(\C#N)[N+]#[C-]. The molecule has 2 aliphatic rings. The Labute approximate surface area is 261 Å². The van der Waals surface area contributed by atoms with E-state index in [1.54, 1.807) is 12.1 Å². The summed E-state index contributed by atoms with van der Waals surface area (Å²) >= 11 is 0. The number of nitrogens with zero attached hydrogens (tertiary/aromatic N) is 7. The molecule has 0 unspecified atom stereocenters. The number of benzene rings is 3. The topological polar surface area (TPSA) is 108 Å². The molecular weight excluding hydrogens is 587 g/mol. The number of allylic oxidation sites excluding steroid dienone is 7. The minimum absolute atomic E-state index is 0.00439. The summed E-state index contributed by atoms with van der Waals surface area (Å²) in [7, 11) is 0. The van der Waals surface area contributed by atoms with E-state index in [2.05, 4.69) is 14.5 Å². The number of fused-ring (bicyclic) bond motifs is 2. The van der Waals surface area contributed by atoms with Gasteiger partial charge in [0.15, 0.2) is 0 Å². The predicted octanol–water partition coefficient (Wildman–Crippen LogP) is 8.75. The van der Waals surface area contributed by atoms with Crippen molar-refractivity contribution in [2.75, 3.05) is 0 Å². The first kappa shape index (κ1) is 30.3. The number of nitriles is 4. The third-order valence-corrected chi connectivity index (χ3v) is 7.87. The first-order valence-electron chi connectivity index (χ1n) is 13.2. The molecule has 0 radical (unpaired) electrons. The molecule has 5 rings (SSSR count). The maximum atomic E-state index is 13.6. The summed E-state index contributed by atoms with van der Waals surface area (Å²) in [4.78, 5) is 10.5. The first-order valence-corrected chi connectivity index (χ1v) is 13.2. The summed E-state index contributed by atoms with van der Waals surface area (Å²) in [6.07, 6.45) is -4.83. The molecule has 0 aliphatic heterocycles. The van der Waals surface area contributed by atoms with Crippen LogP contribution in [0.25, 0.3) is 48.1 Å². The number of aryl methyl sites for hydroxylation is 2. The largest absolute Gasteiger partial charge is 0.417 e. The fraction of sp³-hybridized carbons (Fsp3) is 0.0833. The normalized spacial score (nSPS) is 15.3. The molecule has 3 aromatic carbocycles. The fourth-order valence-corrected chi connectivity index (χ4v) is 5.70. The Bertz CT molecular complexity index is 2350. The van der Waals surface area contributed by atoms with Crippen LogP contribution in [0.15, 0.2) is 59.9 Å². The van der Waals surface area contributed by atoms with Crippen LogP contribution in [0.1, 0.15) is 55.6 Å². The zero-order chi connectivity index (χ0) is 33.5. The quantitative estimate of drug-likeness (QED) is 0.216. The third kappa shape index (κ3) is 4.47. The van der Waals surface area contributed by atoms with Crippen LogP contribution in [-0.4, -0.2) is 0 Å². The maximum absolute atomic E-state index is 13.6. The second-order valence-electron chi connectivity index (χ2n) is 10.2. The van der Waals surface area contributed by atoms with Crippen LogP contribution in [0, 0.1) is 78.9 Å². The highest BCUT2D eigenvalue weighted by Gasteiger charge is 2.38. The average Bonchev–Trinajstić information content (AvgIpc) is 3.53. The lowest BCUT2D eigenvalue weighted by atomic mass is 9.90. The van der Waals surface area contributed by atoms with Gasteiger partial charge in [0, 0.05) is 5.57 Å². The molecule has 0 saturated heterocycles. The van der Waals surface area contributed by atoms with Crippen LogP contribution in [-0.2, 0) is 6.18 Å². The highest BCUT2D eigenvalue weighted by atomic mass is 19.4. The highest BCUT2D eigenvalue weighted by Crippen LogP contribution is 2.55. The van der Waals surface area contributed by atoms with Crippen molar-refractivity contribution >= 4 is 33.6 Å². The summed E-state index contributed by atoms with van der Waals surface area (Å²) in [5, 5.41) is 39.8. The van der Waals surface area contributed by atoms with E-state index in [9.17, 15) is 34.2 Å². The fourth-order valence-electron chi connectivity index (χ4n) is 5.70. The molecule has 3 aromatic rings. The molecule has 0 bridgehead atoms. The lowest BCUT2D eigenvalue weighted by molar-refractivity contribution is -0.137. The third-order valence-electron chi connectivity index (χ3n) is 7.87. The van der Waals surface area contributed by atoms with Crippen molar-refractivity contribution in [1.82, 2.24) is 0 Å². The van der Waals surface area contributed by atoms with Crippen molar-refractivity contribution in [3.63, 3.8) is 0 Å². The molecule has 0 saturated carbocycles. The summed E-state index contributed by atoms with van der Waals surface area (Å²) in [5.41, 5.74) is 1.18. The molecule has 0 fully saturated rings. The van der Waals surface area contributed by atoms with Crippen molar-refractivity contribution < 1.29 is 13.2 Å². The number of hydrogen-bond donors (Lipinski definition) is 0. The smallest absolute Gasteiger partial charge is 0.237 e. The molecule has 0 heterocycles. The Morgan fingerprint density at radius 2 is 1.24 bits per heavy atom. The van der Waals surface area contributed by atoms with Gasteiger partial charge < -0.3 is 0 Å². The summed E-state index contributed by atoms with van der Waals surface area (Å²) in [5.74, 6) is 0. The van der Waals surface area contributed by atoms with E-state index in [1.165, 1.54) is 18.2 Å². The molecule has 0 amide bonds. The van der Waals surface area contributed by atoms with E-state index in [0.717, 1.165) is 23.3 Å². The van der Waals surface area contributed by atoms with E-state index in [0.29, 0.717) is 22.8 Å². The van der Waals surface area contributed by atoms with Gasteiger partial charge in [-0.25, -0.2) is 25.1 Å². The van der Waals surface area contributed by atoms with E-state index >= 15 is 0 Å². The Morgan fingerprint density at radius 3 is 1.76 bits per heavy atom. The van der Waals surface area contributed by atoms with Gasteiger partial charge in [-0.1, -0.05) is 30.3 Å². The Balaban J connectivity index is 1.92. The van der Waals surface area contributed by atoms with Gasteiger partial charge in [-0.15, -0.1) is 0 Å². The van der Waals surface area contributed by atoms with Gasteiger partial charge in [0.25, 0.3) is 11.4 Å². The molecular formula is C36H14F3N7. The molecule has 7 nitrogen and oxygen atoms in total. The Hall–Kier alpha value is -7.16. The van der Waals surface area contributed by atoms with Crippen molar-refractivity contribution in [2.45, 2.75) is 20.0 Å². The second kappa shape index (κ2) is 11.2. The van der Waals surface area contributed by atoms with E-state index in [1.807, 2.05) is 38.1 Å². The van der Waals surface area contributed by atoms with Crippen molar-refractivity contribution in [3.05, 3.63) is 150 Å². The van der Waals surface area contributed by atoms with Crippen LogP contribution >= 0.6 is 0 Å². The van der Waals surface area contributed by atoms with Crippen molar-refractivity contribution in [1.29, 1.82) is 21.0 Å². The molecule has 0 spiro atoms. The summed E-state index contributed by atoms with van der Waals surface area (Å²) in [6.45, 7) is 27.3. The zero-order valence-corrected chi connectivity index (χ0v) is 23.9. The number of alkyl halides is 3. The Kier molecular flexibility index (Phi) is 7.35. The summed E-state index contributed by atoms with van der Waals surface area (Å²) < 4.78 is 40.8. The maximum Gasteiger partial charge on any atom is 0.417 e. The van der Waals surface area contributed by atoms with Gasteiger partial charge in [-0.3, -0.25) is 0 Å². The van der Waals surface area contributed by atoms with E-state index < -0.39 is 23.0 Å². The molecule has 10 heteroatoms. The minimum Gasteiger partial charge on any atom is -0.237 e. The number of rotatable bonds is 2. The van der Waals surface area contributed by atoms with Crippen LogP contribution < -0.4 is 0 Å². The van der Waals surface area contributed by atoms with Crippen LogP contribution in [0.3, 0.4) is 0 Å². The van der Waals surface area contributed by atoms with Crippen LogP contribution in [0.4, 0.5) is 13.2 Å². The first-order chi connectivity index (χ1) is 22.0. The lowest BCUT2D eigenvalue weighted by Gasteiger charge is -2.14. The monoisotopic (exact) mass is 601 g/mol. The molecule has 0 aromatic heterocycles. The number of halogens is 3. The second-order valence-corrected chi connectivity index (χ2v) is 10.2.